The highest BCUT2D eigenvalue weighted by Gasteiger charge is 2.03. The van der Waals surface area contributed by atoms with Crippen molar-refractivity contribution in [1.82, 2.24) is 0 Å². The lowest BCUT2D eigenvalue weighted by atomic mass is 10.2. The van der Waals surface area contributed by atoms with Crippen LogP contribution in [0.5, 0.6) is 0 Å². The van der Waals surface area contributed by atoms with Gasteiger partial charge in [0.25, 0.3) is 0 Å². The van der Waals surface area contributed by atoms with Crippen LogP contribution in [0.15, 0.2) is 48.5 Å². The summed E-state index contributed by atoms with van der Waals surface area (Å²) in [6.07, 6.45) is 0. The number of hydrogen-bond acceptors (Lipinski definition) is 4. The highest BCUT2D eigenvalue weighted by Crippen LogP contribution is 2.08. The Bertz CT molecular complexity index is 740. The van der Waals surface area contributed by atoms with Crippen molar-refractivity contribution in [2.45, 2.75) is 7.43 Å². The molecular formula is C16H16Cl2I2O5S. The van der Waals surface area contributed by atoms with Gasteiger partial charge < -0.3 is 9.84 Å². The fourth-order valence-corrected chi connectivity index (χ4v) is 2.44. The number of aromatic carboxylic acids is 1. The number of halogens is 4. The average molecular weight is 645 g/mol. The van der Waals surface area contributed by atoms with E-state index in [0.29, 0.717) is 11.1 Å². The molecule has 0 atom stereocenters. The Kier molecular flexibility index (Phi) is 16.7. The molecule has 0 aliphatic carbocycles. The summed E-state index contributed by atoms with van der Waals surface area (Å²) in [6.45, 7) is 0. The maximum Gasteiger partial charge on any atom is 0.337 e. The van der Waals surface area contributed by atoms with Crippen LogP contribution in [0.1, 0.15) is 28.1 Å². The van der Waals surface area contributed by atoms with Crippen LogP contribution in [0.2, 0.25) is 0 Å². The SMILES string of the molecule is C.COC(=O)c1cccc(I)c1.O=C(O)c1cccc(I)c1.O=S(Cl)Cl. The minimum absolute atomic E-state index is 0. The summed E-state index contributed by atoms with van der Waals surface area (Å²) in [7, 11) is 8.74. The van der Waals surface area contributed by atoms with E-state index >= 15 is 0 Å². The summed E-state index contributed by atoms with van der Waals surface area (Å²) in [5.74, 6) is -1.16. The molecule has 0 bridgehead atoms. The van der Waals surface area contributed by atoms with Crippen LogP contribution in [0.4, 0.5) is 0 Å². The standard InChI is InChI=1S/C8H7IO2.C7H5IO2.CH4.Cl2OS/c1-11-8(10)6-3-2-4-7(9)5-6;8-6-3-1-2-5(4-6)7(9)10;;1-4(2)3/h2-5H,1H3;1-4H,(H,9,10);1H4;. The van der Waals surface area contributed by atoms with Gasteiger partial charge in [-0.15, -0.1) is 0 Å². The van der Waals surface area contributed by atoms with Crippen molar-refractivity contribution in [3.63, 3.8) is 0 Å². The molecule has 2 rings (SSSR count). The van der Waals surface area contributed by atoms with Crippen molar-refractivity contribution in [3.8, 4) is 0 Å². The fraction of sp³-hybridized carbons (Fsp3) is 0.125. The molecule has 0 saturated heterocycles. The van der Waals surface area contributed by atoms with E-state index in [1.165, 1.54) is 7.11 Å². The Labute approximate surface area is 191 Å². The molecule has 2 aromatic rings. The van der Waals surface area contributed by atoms with Crippen LogP contribution in [-0.4, -0.2) is 28.4 Å². The summed E-state index contributed by atoms with van der Waals surface area (Å²) >= 11 is 4.22. The molecule has 0 amide bonds. The molecule has 0 aliphatic rings. The van der Waals surface area contributed by atoms with Gasteiger partial charge in [0.05, 0.1) is 18.2 Å². The number of carboxylic acids is 1. The van der Waals surface area contributed by atoms with Gasteiger partial charge in [-0.2, -0.15) is 0 Å². The Hall–Kier alpha value is -0.430. The second-order valence-electron chi connectivity index (χ2n) is 4.00. The zero-order valence-electron chi connectivity index (χ0n) is 12.6. The third kappa shape index (κ3) is 13.7. The highest BCUT2D eigenvalue weighted by molar-refractivity contribution is 14.1. The molecule has 26 heavy (non-hydrogen) atoms. The molecule has 0 aliphatic heterocycles. The molecule has 2 aromatic carbocycles. The molecule has 0 saturated carbocycles. The van der Waals surface area contributed by atoms with E-state index in [0.717, 1.165) is 7.14 Å². The lowest BCUT2D eigenvalue weighted by Gasteiger charge is -1.97. The summed E-state index contributed by atoms with van der Waals surface area (Å²) in [5, 5.41) is 8.51. The quantitative estimate of drug-likeness (QED) is 0.256. The first-order chi connectivity index (χ1) is 11.7. The highest BCUT2D eigenvalue weighted by atomic mass is 127. The number of carbonyl (C=O) groups is 2. The van der Waals surface area contributed by atoms with E-state index in [2.05, 4.69) is 71.3 Å². The minimum Gasteiger partial charge on any atom is -0.478 e. The zero-order valence-corrected chi connectivity index (χ0v) is 19.3. The van der Waals surface area contributed by atoms with Crippen LogP contribution in [0, 0.1) is 7.14 Å². The van der Waals surface area contributed by atoms with Crippen LogP contribution in [0.3, 0.4) is 0 Å². The number of rotatable bonds is 2. The van der Waals surface area contributed by atoms with E-state index < -0.39 is 15.2 Å². The maximum absolute atomic E-state index is 10.9. The van der Waals surface area contributed by atoms with E-state index in [1.807, 2.05) is 18.2 Å². The molecule has 1 N–H and O–H groups in total. The van der Waals surface area contributed by atoms with Crippen LogP contribution >= 0.6 is 66.5 Å². The average Bonchev–Trinajstić information content (AvgIpc) is 2.54. The van der Waals surface area contributed by atoms with Crippen molar-refractivity contribution >= 4 is 87.7 Å². The molecule has 0 heterocycles. The largest absolute Gasteiger partial charge is 0.478 e. The first kappa shape index (κ1) is 27.8. The Morgan fingerprint density at radius 2 is 1.38 bits per heavy atom. The predicted molar refractivity (Wildman–Crippen MR) is 123 cm³/mol. The van der Waals surface area contributed by atoms with Gasteiger partial charge in [0.1, 0.15) is 0 Å². The van der Waals surface area contributed by atoms with Crippen molar-refractivity contribution in [2.75, 3.05) is 7.11 Å². The fourth-order valence-electron chi connectivity index (χ4n) is 1.35. The molecule has 0 radical (unpaired) electrons. The van der Waals surface area contributed by atoms with Gasteiger partial charge in [-0.3, -0.25) is 0 Å². The topological polar surface area (TPSA) is 80.7 Å². The summed E-state index contributed by atoms with van der Waals surface area (Å²) in [5.41, 5.74) is 0.936. The van der Waals surface area contributed by atoms with Gasteiger partial charge in [0, 0.05) is 28.5 Å². The number of carboxylic acid groups (broad SMARTS) is 1. The molecular weight excluding hydrogens is 629 g/mol. The van der Waals surface area contributed by atoms with Crippen molar-refractivity contribution in [3.05, 3.63) is 66.8 Å². The zero-order chi connectivity index (χ0) is 19.4. The minimum atomic E-state index is -1.67. The Morgan fingerprint density at radius 1 is 1.00 bits per heavy atom. The molecule has 0 spiro atoms. The Morgan fingerprint density at radius 3 is 1.69 bits per heavy atom. The van der Waals surface area contributed by atoms with Gasteiger partial charge in [0.15, 0.2) is 0 Å². The van der Waals surface area contributed by atoms with Crippen molar-refractivity contribution < 1.29 is 23.6 Å². The van der Waals surface area contributed by atoms with E-state index in [1.54, 1.807) is 30.3 Å². The van der Waals surface area contributed by atoms with Crippen molar-refractivity contribution in [1.29, 1.82) is 0 Å². The molecule has 0 aromatic heterocycles. The molecule has 0 fully saturated rings. The lowest BCUT2D eigenvalue weighted by molar-refractivity contribution is 0.0599. The monoisotopic (exact) mass is 644 g/mol. The molecule has 0 unspecified atom stereocenters. The van der Waals surface area contributed by atoms with Gasteiger partial charge in [0.2, 0.25) is 9.23 Å². The summed E-state index contributed by atoms with van der Waals surface area (Å²) in [4.78, 5) is 21.3. The van der Waals surface area contributed by atoms with Gasteiger partial charge >= 0.3 is 11.9 Å². The van der Waals surface area contributed by atoms with Crippen molar-refractivity contribution in [2.24, 2.45) is 0 Å². The first-order valence-corrected chi connectivity index (χ1v) is 11.2. The summed E-state index contributed by atoms with van der Waals surface area (Å²) < 4.78 is 15.6. The number of hydrogen-bond donors (Lipinski definition) is 1. The normalized spacial score (nSPS) is 8.85. The second-order valence-corrected chi connectivity index (χ2v) is 9.02. The molecule has 10 heteroatoms. The van der Waals surface area contributed by atoms with E-state index in [9.17, 15) is 9.59 Å². The van der Waals surface area contributed by atoms with Gasteiger partial charge in [-0.1, -0.05) is 19.6 Å². The maximum atomic E-state index is 10.9. The number of carbonyl (C=O) groups excluding carboxylic acids is 1. The van der Waals surface area contributed by atoms with Crippen LogP contribution < -0.4 is 0 Å². The Balaban J connectivity index is 0. The van der Waals surface area contributed by atoms with E-state index in [4.69, 9.17) is 9.32 Å². The first-order valence-electron chi connectivity index (χ1n) is 6.24. The molecule has 5 nitrogen and oxygen atoms in total. The van der Waals surface area contributed by atoms with Crippen LogP contribution in [0.25, 0.3) is 0 Å². The number of benzene rings is 2. The number of esters is 1. The van der Waals surface area contributed by atoms with Crippen LogP contribution in [-0.2, 0) is 14.0 Å². The number of ether oxygens (including phenoxy) is 1. The van der Waals surface area contributed by atoms with Gasteiger partial charge in [-0.25, -0.2) is 13.8 Å². The predicted octanol–water partition coefficient (Wildman–Crippen LogP) is 5.75. The van der Waals surface area contributed by atoms with Gasteiger partial charge in [-0.05, 0) is 81.6 Å². The lowest BCUT2D eigenvalue weighted by Crippen LogP contribution is -2.00. The third-order valence-electron chi connectivity index (χ3n) is 2.32. The third-order valence-corrected chi connectivity index (χ3v) is 3.66. The molecule has 144 valence electrons. The smallest absolute Gasteiger partial charge is 0.337 e. The summed E-state index contributed by atoms with van der Waals surface area (Å²) in [6, 6.07) is 14.0. The second kappa shape index (κ2) is 15.6. The number of methoxy groups -OCH3 is 1. The van der Waals surface area contributed by atoms with E-state index in [-0.39, 0.29) is 13.4 Å².